The molecule has 2 aliphatic heterocycles. The van der Waals surface area contributed by atoms with Crippen LogP contribution in [0.1, 0.15) is 83.6 Å². The van der Waals surface area contributed by atoms with Gasteiger partial charge in [0, 0.05) is 57.7 Å². The molecule has 3 aliphatic rings. The van der Waals surface area contributed by atoms with E-state index in [1.807, 2.05) is 0 Å². The van der Waals surface area contributed by atoms with Crippen LogP contribution in [0.25, 0.3) is 0 Å². The zero-order valence-electron chi connectivity index (χ0n) is 25.1. The van der Waals surface area contributed by atoms with Crippen molar-refractivity contribution in [3.8, 4) is 0 Å². The van der Waals surface area contributed by atoms with Crippen molar-refractivity contribution in [1.29, 1.82) is 0 Å². The van der Waals surface area contributed by atoms with Gasteiger partial charge < -0.3 is 20.0 Å². The fraction of sp³-hybridized carbons (Fsp3) is 0.500. The molecule has 5 rings (SSSR count). The highest BCUT2D eigenvalue weighted by molar-refractivity contribution is 6.01. The second-order valence-electron chi connectivity index (χ2n) is 12.0. The van der Waals surface area contributed by atoms with Crippen LogP contribution in [-0.2, 0) is 26.7 Å². The number of rotatable bonds is 6. The summed E-state index contributed by atoms with van der Waals surface area (Å²) in [6, 6.07) is 5.33. The average Bonchev–Trinajstić information content (AvgIpc) is 3.52. The van der Waals surface area contributed by atoms with E-state index in [4.69, 9.17) is 0 Å². The number of carbonyl (C=O) groups is 4. The van der Waals surface area contributed by atoms with E-state index in [9.17, 15) is 45.5 Å². The number of nitrogens with zero attached hydrogens (tertiary/aromatic N) is 3. The van der Waals surface area contributed by atoms with Crippen LogP contribution in [0, 0.1) is 0 Å². The third kappa shape index (κ3) is 7.00. The van der Waals surface area contributed by atoms with Crippen molar-refractivity contribution in [1.82, 2.24) is 20.0 Å². The van der Waals surface area contributed by atoms with E-state index in [2.05, 4.69) is 5.32 Å². The Morgan fingerprint density at radius 2 is 1.41 bits per heavy atom. The summed E-state index contributed by atoms with van der Waals surface area (Å²) in [7, 11) is 0. The SMILES string of the molecule is CC(=O)N1CCN(C(=O)CCN2C(=O)c3ccccc3C(C(=O)NC3CCCC3)C2c2cc(C(F)(F)F)cc(C(F)(F)F)c2)CC1. The molecule has 1 saturated carbocycles. The van der Waals surface area contributed by atoms with E-state index < -0.39 is 58.7 Å². The number of alkyl halides is 6. The first-order chi connectivity index (χ1) is 21.6. The standard InChI is InChI=1S/C32H34F6N4O4/c1-19(43)40-12-14-41(15-13-40)26(44)10-11-42-28(20-16-21(31(33,34)35)18-22(17-20)32(36,37)38)27(29(45)39-23-6-2-3-7-23)24-8-4-5-9-25(24)30(42)46/h4-5,8-9,16-18,23,27-28H,2-3,6-7,10-15H2,1H3,(H,39,45). The van der Waals surface area contributed by atoms with E-state index in [1.54, 1.807) is 17.0 Å². The third-order valence-electron chi connectivity index (χ3n) is 9.02. The van der Waals surface area contributed by atoms with Gasteiger partial charge in [0.25, 0.3) is 5.91 Å². The van der Waals surface area contributed by atoms with Crippen molar-refractivity contribution in [2.75, 3.05) is 32.7 Å². The summed E-state index contributed by atoms with van der Waals surface area (Å²) in [5.41, 5.74) is -3.40. The second kappa shape index (κ2) is 13.0. The van der Waals surface area contributed by atoms with Gasteiger partial charge in [-0.3, -0.25) is 19.2 Å². The lowest BCUT2D eigenvalue weighted by molar-refractivity contribution is -0.143. The van der Waals surface area contributed by atoms with Crippen LogP contribution >= 0.6 is 0 Å². The quantitative estimate of drug-likeness (QED) is 0.438. The highest BCUT2D eigenvalue weighted by Gasteiger charge is 2.47. The van der Waals surface area contributed by atoms with Crippen molar-refractivity contribution in [2.24, 2.45) is 0 Å². The van der Waals surface area contributed by atoms with Crippen LogP contribution < -0.4 is 5.32 Å². The smallest absolute Gasteiger partial charge is 0.353 e. The molecule has 0 bridgehead atoms. The Morgan fingerprint density at radius 1 is 0.848 bits per heavy atom. The average molecular weight is 653 g/mol. The predicted octanol–water partition coefficient (Wildman–Crippen LogP) is 5.14. The number of fused-ring (bicyclic) bond motifs is 1. The molecule has 4 amide bonds. The zero-order valence-corrected chi connectivity index (χ0v) is 25.1. The summed E-state index contributed by atoms with van der Waals surface area (Å²) in [5, 5.41) is 2.92. The van der Waals surface area contributed by atoms with Gasteiger partial charge in [0.2, 0.25) is 17.7 Å². The van der Waals surface area contributed by atoms with Crippen molar-refractivity contribution in [3.05, 3.63) is 70.3 Å². The van der Waals surface area contributed by atoms with Crippen LogP contribution in [-0.4, -0.2) is 77.1 Å². The van der Waals surface area contributed by atoms with Crippen molar-refractivity contribution >= 4 is 23.6 Å². The summed E-state index contributed by atoms with van der Waals surface area (Å²) < 4.78 is 83.9. The molecule has 2 unspecified atom stereocenters. The lowest BCUT2D eigenvalue weighted by Crippen LogP contribution is -2.52. The Bertz CT molecular complexity index is 1460. The van der Waals surface area contributed by atoms with Gasteiger partial charge in [-0.2, -0.15) is 26.3 Å². The first-order valence-electron chi connectivity index (χ1n) is 15.2. The molecule has 2 atom stereocenters. The number of hydrogen-bond acceptors (Lipinski definition) is 4. The van der Waals surface area contributed by atoms with Gasteiger partial charge in [-0.15, -0.1) is 0 Å². The van der Waals surface area contributed by atoms with Crippen molar-refractivity contribution in [2.45, 2.75) is 69.4 Å². The van der Waals surface area contributed by atoms with Crippen LogP contribution in [0.2, 0.25) is 0 Å². The lowest BCUT2D eigenvalue weighted by Gasteiger charge is -2.42. The van der Waals surface area contributed by atoms with Crippen molar-refractivity contribution < 1.29 is 45.5 Å². The highest BCUT2D eigenvalue weighted by atomic mass is 19.4. The Balaban J connectivity index is 1.57. The molecule has 0 aromatic heterocycles. The Kier molecular flexibility index (Phi) is 9.37. The Labute approximate surface area is 261 Å². The zero-order chi connectivity index (χ0) is 33.4. The molecule has 0 spiro atoms. The molecular weight excluding hydrogens is 618 g/mol. The van der Waals surface area contributed by atoms with Gasteiger partial charge in [0.15, 0.2) is 0 Å². The minimum atomic E-state index is -5.16. The molecule has 1 aliphatic carbocycles. The monoisotopic (exact) mass is 652 g/mol. The lowest BCUT2D eigenvalue weighted by atomic mass is 9.78. The fourth-order valence-corrected chi connectivity index (χ4v) is 6.65. The molecule has 2 fully saturated rings. The van der Waals surface area contributed by atoms with Crippen molar-refractivity contribution in [3.63, 3.8) is 0 Å². The van der Waals surface area contributed by atoms with Gasteiger partial charge >= 0.3 is 12.4 Å². The number of amides is 4. The van der Waals surface area contributed by atoms with Crippen LogP contribution in [0.15, 0.2) is 42.5 Å². The minimum absolute atomic E-state index is 0.00422. The maximum absolute atomic E-state index is 14.0. The number of benzene rings is 2. The number of halogens is 6. The van der Waals surface area contributed by atoms with Gasteiger partial charge in [-0.05, 0) is 48.2 Å². The molecule has 46 heavy (non-hydrogen) atoms. The topological polar surface area (TPSA) is 90.0 Å². The first kappa shape index (κ1) is 33.3. The predicted molar refractivity (Wildman–Crippen MR) is 153 cm³/mol. The van der Waals surface area contributed by atoms with Gasteiger partial charge in [0.1, 0.15) is 0 Å². The Hall–Kier alpha value is -4.10. The number of hydrogen-bond donors (Lipinski definition) is 1. The van der Waals surface area contributed by atoms with Gasteiger partial charge in [-0.25, -0.2) is 0 Å². The summed E-state index contributed by atoms with van der Waals surface area (Å²) in [6.07, 6.45) is -7.57. The van der Waals surface area contributed by atoms with E-state index in [-0.39, 0.29) is 55.2 Å². The first-order valence-corrected chi connectivity index (χ1v) is 15.2. The summed E-state index contributed by atoms with van der Waals surface area (Å²) in [4.78, 5) is 57.0. The highest BCUT2D eigenvalue weighted by Crippen LogP contribution is 2.46. The molecule has 8 nitrogen and oxygen atoms in total. The molecule has 2 heterocycles. The largest absolute Gasteiger partial charge is 0.416 e. The van der Waals surface area contributed by atoms with Crippen LogP contribution in [0.4, 0.5) is 26.3 Å². The molecule has 2 aromatic rings. The molecular formula is C32H34F6N4O4. The number of nitrogens with one attached hydrogen (secondary N) is 1. The molecule has 1 saturated heterocycles. The fourth-order valence-electron chi connectivity index (χ4n) is 6.65. The normalized spacial score (nSPS) is 20.9. The molecule has 14 heteroatoms. The van der Waals surface area contributed by atoms with Gasteiger partial charge in [-0.1, -0.05) is 31.0 Å². The van der Waals surface area contributed by atoms with E-state index >= 15 is 0 Å². The summed E-state index contributed by atoms with van der Waals surface area (Å²) >= 11 is 0. The molecule has 0 radical (unpaired) electrons. The van der Waals surface area contributed by atoms with E-state index in [0.29, 0.717) is 38.1 Å². The summed E-state index contributed by atoms with van der Waals surface area (Å²) in [6.45, 7) is 2.10. The maximum Gasteiger partial charge on any atom is 0.416 e. The third-order valence-corrected chi connectivity index (χ3v) is 9.02. The molecule has 1 N–H and O–H groups in total. The molecule has 248 valence electrons. The minimum Gasteiger partial charge on any atom is -0.353 e. The van der Waals surface area contributed by atoms with Gasteiger partial charge in [0.05, 0.1) is 23.1 Å². The number of piperazine rings is 1. The van der Waals surface area contributed by atoms with Crippen LogP contribution in [0.5, 0.6) is 0 Å². The van der Waals surface area contributed by atoms with Crippen LogP contribution in [0.3, 0.4) is 0 Å². The molecule has 2 aromatic carbocycles. The van der Waals surface area contributed by atoms with E-state index in [1.165, 1.54) is 24.0 Å². The second-order valence-corrected chi connectivity index (χ2v) is 12.0. The van der Waals surface area contributed by atoms with E-state index in [0.717, 1.165) is 17.7 Å². The Morgan fingerprint density at radius 3 is 1.98 bits per heavy atom. The maximum atomic E-state index is 14.0. The summed E-state index contributed by atoms with van der Waals surface area (Å²) in [5.74, 6) is -3.24. The number of carbonyl (C=O) groups excluding carboxylic acids is 4.